The fraction of sp³-hybridized carbons (Fsp3) is 0.583. The third-order valence-electron chi connectivity index (χ3n) is 6.57. The fourth-order valence-electron chi connectivity index (χ4n) is 4.71. The monoisotopic (exact) mass is 489 g/mol. The van der Waals surface area contributed by atoms with E-state index in [0.29, 0.717) is 39.3 Å². The van der Waals surface area contributed by atoms with Gasteiger partial charge in [-0.2, -0.15) is 9.40 Å². The van der Waals surface area contributed by atoms with Crippen molar-refractivity contribution in [3.05, 3.63) is 36.0 Å². The average Bonchev–Trinajstić information content (AvgIpc) is 3.31. The summed E-state index contributed by atoms with van der Waals surface area (Å²) in [4.78, 5) is 15.2. The van der Waals surface area contributed by atoms with E-state index in [2.05, 4.69) is 15.3 Å². The van der Waals surface area contributed by atoms with Crippen molar-refractivity contribution in [2.45, 2.75) is 63.6 Å². The molecule has 2 fully saturated rings. The second-order valence-corrected chi connectivity index (χ2v) is 10.7. The molecule has 2 heterocycles. The van der Waals surface area contributed by atoms with Crippen molar-refractivity contribution in [3.8, 4) is 5.75 Å². The summed E-state index contributed by atoms with van der Waals surface area (Å²) in [6.07, 6.45) is 6.77. The van der Waals surface area contributed by atoms with Crippen LogP contribution in [0.4, 0.5) is 5.69 Å². The van der Waals surface area contributed by atoms with Crippen LogP contribution in [0.25, 0.3) is 0 Å². The number of carbonyl (C=O) groups is 1. The van der Waals surface area contributed by atoms with Crippen LogP contribution in [0, 0.1) is 0 Å². The lowest BCUT2D eigenvalue weighted by Gasteiger charge is -2.35. The molecule has 1 aromatic carbocycles. The number of nitrogens with one attached hydrogen (secondary N) is 1. The van der Waals surface area contributed by atoms with Crippen LogP contribution in [-0.2, 0) is 16.6 Å². The van der Waals surface area contributed by atoms with Gasteiger partial charge >= 0.3 is 0 Å². The molecule has 1 aliphatic carbocycles. The van der Waals surface area contributed by atoms with Crippen LogP contribution in [0.3, 0.4) is 0 Å². The molecule has 0 bridgehead atoms. The van der Waals surface area contributed by atoms with Crippen LogP contribution >= 0.6 is 0 Å². The van der Waals surface area contributed by atoms with E-state index in [-0.39, 0.29) is 22.5 Å². The van der Waals surface area contributed by atoms with Gasteiger partial charge in [-0.1, -0.05) is 31.4 Å². The molecule has 0 spiro atoms. The van der Waals surface area contributed by atoms with Gasteiger partial charge in [-0.25, -0.2) is 8.42 Å². The largest absolute Gasteiger partial charge is 0.492 e. The summed E-state index contributed by atoms with van der Waals surface area (Å²) in [7, 11) is -3.91. The van der Waals surface area contributed by atoms with E-state index in [1.54, 1.807) is 6.20 Å². The summed E-state index contributed by atoms with van der Waals surface area (Å²) in [6.45, 7) is 6.55. The van der Waals surface area contributed by atoms with E-state index >= 15 is 0 Å². The van der Waals surface area contributed by atoms with Crippen molar-refractivity contribution in [3.63, 3.8) is 0 Å². The molecule has 1 aliphatic heterocycles. The highest BCUT2D eigenvalue weighted by Gasteiger charge is 2.35. The zero-order chi connectivity index (χ0) is 24.1. The third-order valence-corrected chi connectivity index (χ3v) is 8.40. The lowest BCUT2D eigenvalue weighted by molar-refractivity contribution is 0.0924. The molecule has 0 atom stereocenters. The molecule has 1 N–H and O–H groups in total. The first-order chi connectivity index (χ1) is 16.4. The number of benzene rings is 1. The van der Waals surface area contributed by atoms with Crippen LogP contribution in [0.15, 0.2) is 35.5 Å². The quantitative estimate of drug-likeness (QED) is 0.613. The first-order valence-electron chi connectivity index (χ1n) is 12.3. The van der Waals surface area contributed by atoms with E-state index in [1.807, 2.05) is 38.1 Å². The number of rotatable bonds is 8. The topological polar surface area (TPSA) is 96.8 Å². The van der Waals surface area contributed by atoms with Gasteiger partial charge in [-0.15, -0.1) is 0 Å². The normalized spacial score (nSPS) is 18.1. The van der Waals surface area contributed by atoms with Crippen molar-refractivity contribution >= 4 is 21.6 Å². The van der Waals surface area contributed by atoms with Crippen LogP contribution in [0.2, 0.25) is 0 Å². The van der Waals surface area contributed by atoms with Crippen molar-refractivity contribution in [2.24, 2.45) is 0 Å². The second kappa shape index (κ2) is 10.8. The van der Waals surface area contributed by atoms with Crippen LogP contribution in [0.1, 0.15) is 56.3 Å². The molecule has 10 heteroatoms. The molecule has 1 saturated heterocycles. The first-order valence-corrected chi connectivity index (χ1v) is 13.7. The summed E-state index contributed by atoms with van der Waals surface area (Å²) in [5, 5.41) is 7.19. The highest BCUT2D eigenvalue weighted by atomic mass is 32.2. The molecule has 0 radical (unpaired) electrons. The number of aromatic nitrogens is 2. The Kier molecular flexibility index (Phi) is 7.77. The summed E-state index contributed by atoms with van der Waals surface area (Å²) in [5.74, 6) is 0.444. The minimum absolute atomic E-state index is 0.0933. The predicted octanol–water partition coefficient (Wildman–Crippen LogP) is 2.88. The van der Waals surface area contributed by atoms with Crippen LogP contribution in [0.5, 0.6) is 5.75 Å². The molecule has 34 heavy (non-hydrogen) atoms. The highest BCUT2D eigenvalue weighted by Crippen LogP contribution is 2.30. The maximum absolute atomic E-state index is 13.6. The Morgan fingerprint density at radius 3 is 2.47 bits per heavy atom. The lowest BCUT2D eigenvalue weighted by atomic mass is 9.95. The predicted molar refractivity (Wildman–Crippen MR) is 131 cm³/mol. The van der Waals surface area contributed by atoms with Gasteiger partial charge in [0.05, 0.1) is 17.9 Å². The third kappa shape index (κ3) is 5.22. The number of hydrogen-bond donors (Lipinski definition) is 1. The SMILES string of the molecule is CCOc1ccccc1N1CCN(S(=O)(=O)c2nn(CC)cc2C(=O)NC2CCCCC2)CC1. The summed E-state index contributed by atoms with van der Waals surface area (Å²) in [6, 6.07) is 7.90. The van der Waals surface area contributed by atoms with Crippen molar-refractivity contribution < 1.29 is 17.9 Å². The van der Waals surface area contributed by atoms with Gasteiger partial charge in [0.15, 0.2) is 0 Å². The number of nitrogens with zero attached hydrogens (tertiary/aromatic N) is 4. The number of carbonyl (C=O) groups excluding carboxylic acids is 1. The zero-order valence-electron chi connectivity index (χ0n) is 20.1. The van der Waals surface area contributed by atoms with Crippen LogP contribution < -0.4 is 15.0 Å². The lowest BCUT2D eigenvalue weighted by Crippen LogP contribution is -2.49. The summed E-state index contributed by atoms with van der Waals surface area (Å²) >= 11 is 0. The number of ether oxygens (including phenoxy) is 1. The maximum Gasteiger partial charge on any atom is 0.263 e. The average molecular weight is 490 g/mol. The number of para-hydroxylation sites is 2. The molecular weight excluding hydrogens is 454 g/mol. The van der Waals surface area contributed by atoms with Gasteiger partial charge in [-0.3, -0.25) is 9.48 Å². The number of hydrogen-bond acceptors (Lipinski definition) is 6. The van der Waals surface area contributed by atoms with Gasteiger partial charge < -0.3 is 15.0 Å². The van der Waals surface area contributed by atoms with E-state index in [0.717, 1.165) is 37.1 Å². The van der Waals surface area contributed by atoms with Gasteiger partial charge in [0.25, 0.3) is 15.9 Å². The Labute approximate surface area is 202 Å². The standard InChI is InChI=1S/C24H35N5O4S/c1-3-28-18-20(23(30)25-19-10-6-5-7-11-19)24(26-28)34(31,32)29-16-14-27(15-17-29)21-12-8-9-13-22(21)33-4-2/h8-9,12-13,18-19H,3-7,10-11,14-17H2,1-2H3,(H,25,30). The second-order valence-electron chi connectivity index (χ2n) is 8.80. The van der Waals surface area contributed by atoms with Crippen molar-refractivity contribution in [1.29, 1.82) is 0 Å². The molecule has 9 nitrogen and oxygen atoms in total. The molecule has 1 aromatic heterocycles. The number of piperazine rings is 1. The van der Waals surface area contributed by atoms with Crippen LogP contribution in [-0.4, -0.2) is 67.2 Å². The molecule has 186 valence electrons. The van der Waals surface area contributed by atoms with Crippen molar-refractivity contribution in [2.75, 3.05) is 37.7 Å². The van der Waals surface area contributed by atoms with Crippen molar-refractivity contribution in [1.82, 2.24) is 19.4 Å². The fourth-order valence-corrected chi connectivity index (χ4v) is 6.23. The molecule has 4 rings (SSSR count). The summed E-state index contributed by atoms with van der Waals surface area (Å²) < 4.78 is 35.9. The maximum atomic E-state index is 13.6. The Morgan fingerprint density at radius 2 is 1.79 bits per heavy atom. The molecule has 0 unspecified atom stereocenters. The number of amides is 1. The van der Waals surface area contributed by atoms with Gasteiger partial charge in [-0.05, 0) is 38.8 Å². The minimum atomic E-state index is -3.91. The Bertz CT molecular complexity index is 1090. The first kappa shape index (κ1) is 24.5. The minimum Gasteiger partial charge on any atom is -0.492 e. The van der Waals surface area contributed by atoms with E-state index in [9.17, 15) is 13.2 Å². The number of aryl methyl sites for hydroxylation is 1. The van der Waals surface area contributed by atoms with Gasteiger partial charge in [0, 0.05) is 45.0 Å². The molecular formula is C24H35N5O4S. The Morgan fingerprint density at radius 1 is 1.09 bits per heavy atom. The number of sulfonamides is 1. The van der Waals surface area contributed by atoms with Gasteiger partial charge in [0.2, 0.25) is 5.03 Å². The van der Waals surface area contributed by atoms with Gasteiger partial charge in [0.1, 0.15) is 5.75 Å². The van der Waals surface area contributed by atoms with E-state index in [1.165, 1.54) is 15.4 Å². The summed E-state index contributed by atoms with van der Waals surface area (Å²) in [5.41, 5.74) is 1.10. The smallest absolute Gasteiger partial charge is 0.263 e. The van der Waals surface area contributed by atoms with E-state index in [4.69, 9.17) is 4.74 Å². The highest BCUT2D eigenvalue weighted by molar-refractivity contribution is 7.89. The molecule has 1 saturated carbocycles. The molecule has 2 aliphatic rings. The number of anilines is 1. The Balaban J connectivity index is 1.50. The molecule has 1 amide bonds. The molecule has 2 aromatic rings. The van der Waals surface area contributed by atoms with E-state index < -0.39 is 10.0 Å². The Hall–Kier alpha value is -2.59. The zero-order valence-corrected chi connectivity index (χ0v) is 20.9.